The number of aromatic carboxylic acids is 1. The number of aliphatic hydroxyl groups excluding tert-OH is 1. The fourth-order valence-corrected chi connectivity index (χ4v) is 3.27. The largest absolute Gasteiger partial charge is 0.478 e. The Kier molecular flexibility index (Phi) is 5.83. The lowest BCUT2D eigenvalue weighted by Gasteiger charge is -2.10. The van der Waals surface area contributed by atoms with Gasteiger partial charge in [-0.15, -0.1) is 0 Å². The molecule has 1 aromatic carbocycles. The van der Waals surface area contributed by atoms with E-state index in [9.17, 15) is 15.0 Å². The molecule has 4 nitrogen and oxygen atoms in total. The predicted molar refractivity (Wildman–Crippen MR) is 93.3 cm³/mol. The number of aromatic nitrogens is 1. The predicted octanol–water partition coefficient (Wildman–Crippen LogP) is 3.94. The summed E-state index contributed by atoms with van der Waals surface area (Å²) in [5, 5.41) is 19.9. The van der Waals surface area contributed by atoms with Gasteiger partial charge in [-0.1, -0.05) is 20.3 Å². The average molecular weight is 317 g/mol. The van der Waals surface area contributed by atoms with Gasteiger partial charge in [0.2, 0.25) is 0 Å². The topological polar surface area (TPSA) is 62.5 Å². The van der Waals surface area contributed by atoms with Gasteiger partial charge < -0.3 is 14.8 Å². The molecule has 0 aliphatic heterocycles. The van der Waals surface area contributed by atoms with Gasteiger partial charge in [-0.3, -0.25) is 0 Å². The average Bonchev–Trinajstić information content (AvgIpc) is 2.81. The molecule has 0 amide bonds. The maximum atomic E-state index is 11.8. The number of aryl methyl sites for hydroxylation is 3. The van der Waals surface area contributed by atoms with Gasteiger partial charge in [0.15, 0.2) is 0 Å². The number of fused-ring (bicyclic) bond motifs is 1. The molecule has 0 saturated carbocycles. The molecule has 2 N–H and O–H groups in total. The Labute approximate surface area is 137 Å². The highest BCUT2D eigenvalue weighted by atomic mass is 16.4. The van der Waals surface area contributed by atoms with E-state index in [1.807, 2.05) is 13.0 Å². The molecule has 0 spiro atoms. The van der Waals surface area contributed by atoms with Gasteiger partial charge in [-0.05, 0) is 55.9 Å². The van der Waals surface area contributed by atoms with E-state index in [4.69, 9.17) is 0 Å². The minimum Gasteiger partial charge on any atom is -0.478 e. The van der Waals surface area contributed by atoms with Gasteiger partial charge in [0.25, 0.3) is 0 Å². The van der Waals surface area contributed by atoms with E-state index in [1.54, 1.807) is 0 Å². The molecule has 1 aromatic heterocycles. The highest BCUT2D eigenvalue weighted by Crippen LogP contribution is 2.31. The van der Waals surface area contributed by atoms with E-state index in [-0.39, 0.29) is 6.61 Å². The summed E-state index contributed by atoms with van der Waals surface area (Å²) in [6, 6.07) is 3.94. The number of carboxylic acids is 1. The van der Waals surface area contributed by atoms with Crippen molar-refractivity contribution >= 4 is 16.9 Å². The Balaban J connectivity index is 2.75. The van der Waals surface area contributed by atoms with Crippen molar-refractivity contribution in [1.29, 1.82) is 0 Å². The molecule has 0 atom stereocenters. The van der Waals surface area contributed by atoms with Crippen LogP contribution in [-0.4, -0.2) is 27.4 Å². The summed E-state index contributed by atoms with van der Waals surface area (Å²) < 4.78 is 2.16. The lowest BCUT2D eigenvalue weighted by molar-refractivity contribution is 0.0698. The number of benzene rings is 1. The summed E-state index contributed by atoms with van der Waals surface area (Å²) in [7, 11) is 0. The summed E-state index contributed by atoms with van der Waals surface area (Å²) in [5.41, 5.74) is 4.61. The van der Waals surface area contributed by atoms with Crippen molar-refractivity contribution in [3.8, 4) is 0 Å². The zero-order valence-electron chi connectivity index (χ0n) is 14.4. The number of unbranched alkanes of at least 4 members (excludes halogenated alkanes) is 1. The molecule has 0 unspecified atom stereocenters. The van der Waals surface area contributed by atoms with Crippen molar-refractivity contribution in [1.82, 2.24) is 4.57 Å². The number of aliphatic hydroxyl groups is 1. The molecule has 0 radical (unpaired) electrons. The summed E-state index contributed by atoms with van der Waals surface area (Å²) in [6.45, 7) is 7.24. The SMILES string of the molecule is CCCCn1c(C)c(CCCO)c2cc(CC)cc(C(=O)O)c21. The van der Waals surface area contributed by atoms with Crippen LogP contribution in [0.2, 0.25) is 0 Å². The third-order valence-electron chi connectivity index (χ3n) is 4.57. The number of carboxylic acid groups (broad SMARTS) is 1. The van der Waals surface area contributed by atoms with Crippen LogP contribution in [-0.2, 0) is 19.4 Å². The van der Waals surface area contributed by atoms with E-state index in [0.29, 0.717) is 12.0 Å². The first kappa shape index (κ1) is 17.5. The lowest BCUT2D eigenvalue weighted by Crippen LogP contribution is -2.06. The normalized spacial score (nSPS) is 11.3. The molecular formula is C19H27NO3. The Hall–Kier alpha value is -1.81. The monoisotopic (exact) mass is 317 g/mol. The molecule has 0 aliphatic carbocycles. The number of carbonyl (C=O) groups is 1. The van der Waals surface area contributed by atoms with Crippen molar-refractivity contribution in [3.63, 3.8) is 0 Å². The zero-order chi connectivity index (χ0) is 17.0. The van der Waals surface area contributed by atoms with Gasteiger partial charge in [0.1, 0.15) is 0 Å². The Morgan fingerprint density at radius 1 is 1.22 bits per heavy atom. The van der Waals surface area contributed by atoms with Crippen LogP contribution in [0.5, 0.6) is 0 Å². The molecule has 0 fully saturated rings. The van der Waals surface area contributed by atoms with Crippen LogP contribution in [0.15, 0.2) is 12.1 Å². The molecule has 0 bridgehead atoms. The third kappa shape index (κ3) is 3.42. The molecule has 0 aliphatic rings. The second kappa shape index (κ2) is 7.64. The summed E-state index contributed by atoms with van der Waals surface area (Å²) in [4.78, 5) is 11.8. The molecule has 4 heteroatoms. The number of rotatable bonds is 8. The smallest absolute Gasteiger partial charge is 0.337 e. The fraction of sp³-hybridized carbons (Fsp3) is 0.526. The van der Waals surface area contributed by atoms with Crippen LogP contribution in [0, 0.1) is 6.92 Å². The number of nitrogens with zero attached hydrogens (tertiary/aromatic N) is 1. The van der Waals surface area contributed by atoms with Crippen molar-refractivity contribution in [2.45, 2.75) is 59.4 Å². The van der Waals surface area contributed by atoms with E-state index in [0.717, 1.165) is 54.4 Å². The summed E-state index contributed by atoms with van der Waals surface area (Å²) in [5.74, 6) is -0.866. The summed E-state index contributed by atoms with van der Waals surface area (Å²) in [6.07, 6.45) is 4.39. The standard InChI is InChI=1S/C19H27NO3/c1-4-6-9-20-13(3)15(8-7-10-21)16-11-14(5-2)12-17(18(16)20)19(22)23/h11-12,21H,4-10H2,1-3H3,(H,22,23). The maximum Gasteiger partial charge on any atom is 0.337 e. The highest BCUT2D eigenvalue weighted by Gasteiger charge is 2.20. The van der Waals surface area contributed by atoms with Crippen molar-refractivity contribution in [2.24, 2.45) is 0 Å². The minimum absolute atomic E-state index is 0.153. The first-order chi connectivity index (χ1) is 11.0. The maximum absolute atomic E-state index is 11.8. The minimum atomic E-state index is -0.866. The van der Waals surface area contributed by atoms with E-state index < -0.39 is 5.97 Å². The quantitative estimate of drug-likeness (QED) is 0.775. The first-order valence-electron chi connectivity index (χ1n) is 8.53. The van der Waals surface area contributed by atoms with Gasteiger partial charge in [0, 0.05) is 24.2 Å². The summed E-state index contributed by atoms with van der Waals surface area (Å²) >= 11 is 0. The van der Waals surface area contributed by atoms with Gasteiger partial charge in [-0.25, -0.2) is 4.79 Å². The number of hydrogen-bond acceptors (Lipinski definition) is 2. The fourth-order valence-electron chi connectivity index (χ4n) is 3.27. The van der Waals surface area contributed by atoms with Crippen molar-refractivity contribution in [3.05, 3.63) is 34.5 Å². The molecule has 23 heavy (non-hydrogen) atoms. The van der Waals surface area contributed by atoms with Crippen molar-refractivity contribution in [2.75, 3.05) is 6.61 Å². The van der Waals surface area contributed by atoms with Crippen LogP contribution in [0.25, 0.3) is 10.9 Å². The van der Waals surface area contributed by atoms with Crippen LogP contribution in [0.3, 0.4) is 0 Å². The molecule has 126 valence electrons. The van der Waals surface area contributed by atoms with Crippen LogP contribution in [0.1, 0.15) is 60.3 Å². The van der Waals surface area contributed by atoms with Crippen LogP contribution >= 0.6 is 0 Å². The van der Waals surface area contributed by atoms with Crippen molar-refractivity contribution < 1.29 is 15.0 Å². The second-order valence-electron chi connectivity index (χ2n) is 6.09. The molecule has 2 aromatic rings. The Morgan fingerprint density at radius 3 is 2.52 bits per heavy atom. The second-order valence-corrected chi connectivity index (χ2v) is 6.09. The Bertz CT molecular complexity index is 700. The van der Waals surface area contributed by atoms with Gasteiger partial charge >= 0.3 is 5.97 Å². The zero-order valence-corrected chi connectivity index (χ0v) is 14.4. The molecule has 1 heterocycles. The first-order valence-corrected chi connectivity index (χ1v) is 8.53. The lowest BCUT2D eigenvalue weighted by atomic mass is 10.00. The van der Waals surface area contributed by atoms with Gasteiger partial charge in [-0.2, -0.15) is 0 Å². The third-order valence-corrected chi connectivity index (χ3v) is 4.57. The molecule has 0 saturated heterocycles. The Morgan fingerprint density at radius 2 is 1.96 bits per heavy atom. The number of hydrogen-bond donors (Lipinski definition) is 2. The van der Waals surface area contributed by atoms with E-state index >= 15 is 0 Å². The van der Waals surface area contributed by atoms with E-state index in [2.05, 4.69) is 24.5 Å². The van der Waals surface area contributed by atoms with Gasteiger partial charge in [0.05, 0.1) is 11.1 Å². The molecular weight excluding hydrogens is 290 g/mol. The van der Waals surface area contributed by atoms with E-state index in [1.165, 1.54) is 5.56 Å². The molecule has 2 rings (SSSR count). The van der Waals surface area contributed by atoms with Crippen LogP contribution in [0.4, 0.5) is 0 Å². The highest BCUT2D eigenvalue weighted by molar-refractivity contribution is 6.04. The van der Waals surface area contributed by atoms with Crippen LogP contribution < -0.4 is 0 Å².